The molecule has 0 fully saturated rings. The number of carbonyl (C=O) groups is 1. The first kappa shape index (κ1) is 70.9. The van der Waals surface area contributed by atoms with Crippen molar-refractivity contribution in [1.29, 1.82) is 0 Å². The second-order valence-electron chi connectivity index (χ2n) is 22.0. The number of unbranched alkanes of at least 4 members (excludes halogenated alkanes) is 33. The third-order valence-electron chi connectivity index (χ3n) is 13.7. The fourth-order valence-electron chi connectivity index (χ4n) is 8.87. The Morgan fingerprint density at radius 2 is 0.836 bits per heavy atom. The molecule has 0 rings (SSSR count). The highest BCUT2D eigenvalue weighted by molar-refractivity contribution is 7.47. The fraction of sp³-hybridized carbons (Fsp3) is 0.797. The standard InChI is InChI=1S/C64H119N2O6P/c1-6-8-10-12-14-16-18-20-22-24-26-28-30-31-32-33-34-36-37-39-41-43-45-47-49-51-53-55-57-63(67)62(61-72-73(69,70)71-60-59-66(3,4)5)65-64(68)58-56-54-52-50-48-46-44-42-40-38-35-29-27-25-23-21-19-17-15-13-11-9-7-2/h9,11,15,17,21,23,27,29,47,49,55,57,62-63,67H,6-8,10,12-14,16,18-20,22,24-26,28,30-46,48,50-54,56,58-61H2,1-5H3,(H-,65,68,69,70)/p+1/b11-9-,17-15-,23-21-,29-27-,49-47+,57-55+. The largest absolute Gasteiger partial charge is 0.472 e. The number of likely N-dealkylation sites (N-methyl/N-ethyl adjacent to an activating group) is 1. The van der Waals surface area contributed by atoms with Gasteiger partial charge in [0.05, 0.1) is 39.9 Å². The van der Waals surface area contributed by atoms with E-state index in [2.05, 4.69) is 79.9 Å². The Morgan fingerprint density at radius 1 is 0.479 bits per heavy atom. The second kappa shape index (κ2) is 54.7. The van der Waals surface area contributed by atoms with Crippen molar-refractivity contribution in [3.05, 3.63) is 72.9 Å². The molecule has 0 aromatic rings. The predicted octanol–water partition coefficient (Wildman–Crippen LogP) is 19.0. The highest BCUT2D eigenvalue weighted by Gasteiger charge is 2.27. The molecule has 0 radical (unpaired) electrons. The van der Waals surface area contributed by atoms with E-state index in [1.165, 1.54) is 193 Å². The van der Waals surface area contributed by atoms with Crippen LogP contribution in [0.1, 0.15) is 277 Å². The van der Waals surface area contributed by atoms with Crippen molar-refractivity contribution in [3.63, 3.8) is 0 Å². The van der Waals surface area contributed by atoms with E-state index in [4.69, 9.17) is 9.05 Å². The highest BCUT2D eigenvalue weighted by atomic mass is 31.2. The number of hydrogen-bond acceptors (Lipinski definition) is 5. The first-order valence-electron chi connectivity index (χ1n) is 30.8. The number of rotatable bonds is 56. The van der Waals surface area contributed by atoms with Crippen LogP contribution in [0, 0.1) is 0 Å². The molecular weight excluding hydrogens is 924 g/mol. The SMILES string of the molecule is CC/C=C\C/C=C\C/C=C\C/C=C\CCCCCCCCCCCCC(=O)NC(COP(=O)(O)OCC[N+](C)(C)C)C(O)/C=C/CC/C=C/CCCCCCCCCCCCCCCCCCCCCCCC. The Morgan fingerprint density at radius 3 is 1.26 bits per heavy atom. The molecule has 0 heterocycles. The second-order valence-corrected chi connectivity index (χ2v) is 23.5. The first-order chi connectivity index (χ1) is 35.5. The summed E-state index contributed by atoms with van der Waals surface area (Å²) in [4.78, 5) is 23.3. The summed E-state index contributed by atoms with van der Waals surface area (Å²) >= 11 is 0. The fourth-order valence-corrected chi connectivity index (χ4v) is 9.61. The minimum absolute atomic E-state index is 0.0527. The van der Waals surface area contributed by atoms with E-state index in [9.17, 15) is 19.4 Å². The molecule has 1 amide bonds. The summed E-state index contributed by atoms with van der Waals surface area (Å²) in [6.07, 6.45) is 75.9. The lowest BCUT2D eigenvalue weighted by atomic mass is 10.0. The number of aliphatic hydroxyl groups is 1. The Balaban J connectivity index is 4.21. The predicted molar refractivity (Wildman–Crippen MR) is 318 cm³/mol. The molecule has 9 heteroatoms. The minimum Gasteiger partial charge on any atom is -0.387 e. The molecule has 0 aliphatic rings. The van der Waals surface area contributed by atoms with Crippen molar-refractivity contribution < 1.29 is 32.9 Å². The number of quaternary nitrogens is 1. The van der Waals surface area contributed by atoms with Gasteiger partial charge in [-0.1, -0.05) is 273 Å². The van der Waals surface area contributed by atoms with Gasteiger partial charge in [-0.15, -0.1) is 0 Å². The van der Waals surface area contributed by atoms with E-state index in [1.54, 1.807) is 6.08 Å². The van der Waals surface area contributed by atoms with Crippen LogP contribution in [-0.2, 0) is 18.4 Å². The van der Waals surface area contributed by atoms with Crippen LogP contribution in [0.25, 0.3) is 0 Å². The van der Waals surface area contributed by atoms with Gasteiger partial charge in [-0.2, -0.15) is 0 Å². The summed E-state index contributed by atoms with van der Waals surface area (Å²) in [5.41, 5.74) is 0. The molecular formula is C64H120N2O6P+. The summed E-state index contributed by atoms with van der Waals surface area (Å²) in [6, 6.07) is -0.871. The van der Waals surface area contributed by atoms with Crippen molar-refractivity contribution in [2.45, 2.75) is 289 Å². The number of aliphatic hydroxyl groups excluding tert-OH is 1. The topological polar surface area (TPSA) is 105 Å². The van der Waals surface area contributed by atoms with Gasteiger partial charge in [0, 0.05) is 6.42 Å². The lowest BCUT2D eigenvalue weighted by Gasteiger charge is -2.25. The summed E-state index contributed by atoms with van der Waals surface area (Å²) in [7, 11) is 1.55. The van der Waals surface area contributed by atoms with E-state index < -0.39 is 20.0 Å². The van der Waals surface area contributed by atoms with E-state index in [0.717, 1.165) is 64.2 Å². The molecule has 0 saturated carbocycles. The van der Waals surface area contributed by atoms with Gasteiger partial charge < -0.3 is 19.8 Å². The van der Waals surface area contributed by atoms with Gasteiger partial charge in [-0.25, -0.2) is 4.57 Å². The number of nitrogens with one attached hydrogen (secondary N) is 1. The van der Waals surface area contributed by atoms with Crippen LogP contribution in [0.15, 0.2) is 72.9 Å². The highest BCUT2D eigenvalue weighted by Crippen LogP contribution is 2.43. The number of hydrogen-bond donors (Lipinski definition) is 3. The monoisotopic (exact) mass is 1040 g/mol. The Labute approximate surface area is 453 Å². The number of amides is 1. The smallest absolute Gasteiger partial charge is 0.387 e. The molecule has 0 aliphatic carbocycles. The van der Waals surface area contributed by atoms with Gasteiger partial charge in [0.25, 0.3) is 0 Å². The van der Waals surface area contributed by atoms with Gasteiger partial charge in [-0.3, -0.25) is 13.8 Å². The lowest BCUT2D eigenvalue weighted by molar-refractivity contribution is -0.870. The van der Waals surface area contributed by atoms with Crippen LogP contribution in [0.2, 0.25) is 0 Å². The molecule has 3 unspecified atom stereocenters. The van der Waals surface area contributed by atoms with Crippen molar-refractivity contribution in [2.75, 3.05) is 40.9 Å². The quantitative estimate of drug-likeness (QED) is 0.0243. The lowest BCUT2D eigenvalue weighted by Crippen LogP contribution is -2.45. The molecule has 0 spiro atoms. The van der Waals surface area contributed by atoms with Gasteiger partial charge in [0.2, 0.25) is 5.91 Å². The number of allylic oxidation sites excluding steroid dienone is 11. The van der Waals surface area contributed by atoms with E-state index in [0.29, 0.717) is 17.4 Å². The Bertz CT molecular complexity index is 1420. The third-order valence-corrected chi connectivity index (χ3v) is 14.6. The number of nitrogens with zero attached hydrogens (tertiary/aromatic N) is 1. The van der Waals surface area contributed by atoms with Crippen LogP contribution in [0.5, 0.6) is 0 Å². The van der Waals surface area contributed by atoms with Crippen LogP contribution in [0.4, 0.5) is 0 Å². The molecule has 8 nitrogen and oxygen atoms in total. The average Bonchev–Trinajstić information content (AvgIpc) is 3.35. The maximum absolute atomic E-state index is 13.0. The first-order valence-corrected chi connectivity index (χ1v) is 32.3. The van der Waals surface area contributed by atoms with E-state index in [1.807, 2.05) is 27.2 Å². The molecule has 426 valence electrons. The number of phosphoric ester groups is 1. The molecule has 0 aromatic heterocycles. The maximum Gasteiger partial charge on any atom is 0.472 e. The molecule has 0 bridgehead atoms. The number of phosphoric acid groups is 1. The summed E-state index contributed by atoms with van der Waals surface area (Å²) < 4.78 is 23.7. The van der Waals surface area contributed by atoms with Crippen LogP contribution in [0.3, 0.4) is 0 Å². The number of carbonyl (C=O) groups excluding carboxylic acids is 1. The van der Waals surface area contributed by atoms with Crippen LogP contribution < -0.4 is 5.32 Å². The van der Waals surface area contributed by atoms with Crippen molar-refractivity contribution >= 4 is 13.7 Å². The zero-order valence-corrected chi connectivity index (χ0v) is 49.5. The van der Waals surface area contributed by atoms with Crippen molar-refractivity contribution in [1.82, 2.24) is 5.32 Å². The zero-order chi connectivity index (χ0) is 53.5. The maximum atomic E-state index is 13.0. The molecule has 0 aromatic carbocycles. The van der Waals surface area contributed by atoms with Crippen molar-refractivity contribution in [2.24, 2.45) is 0 Å². The van der Waals surface area contributed by atoms with Crippen LogP contribution in [-0.4, -0.2) is 73.4 Å². The van der Waals surface area contributed by atoms with Gasteiger partial charge in [0.15, 0.2) is 0 Å². The van der Waals surface area contributed by atoms with Gasteiger partial charge in [-0.05, 0) is 70.6 Å². The average molecular weight is 1040 g/mol. The summed E-state index contributed by atoms with van der Waals surface area (Å²) in [5.74, 6) is -0.191. The Hall–Kier alpha value is -2.06. The molecule has 3 N–H and O–H groups in total. The van der Waals surface area contributed by atoms with Crippen LogP contribution >= 0.6 is 7.82 Å². The third kappa shape index (κ3) is 57.5. The molecule has 73 heavy (non-hydrogen) atoms. The normalized spacial score (nSPS) is 14.3. The Kier molecular flexibility index (Phi) is 53.2. The van der Waals surface area contributed by atoms with E-state index in [-0.39, 0.29) is 19.1 Å². The van der Waals surface area contributed by atoms with Gasteiger partial charge in [0.1, 0.15) is 13.2 Å². The minimum atomic E-state index is -4.36. The molecule has 3 atom stereocenters. The molecule has 0 saturated heterocycles. The van der Waals surface area contributed by atoms with Gasteiger partial charge >= 0.3 is 7.82 Å². The van der Waals surface area contributed by atoms with E-state index >= 15 is 0 Å². The molecule has 0 aliphatic heterocycles. The summed E-state index contributed by atoms with van der Waals surface area (Å²) in [6.45, 7) is 4.70. The zero-order valence-electron chi connectivity index (χ0n) is 48.6. The van der Waals surface area contributed by atoms with Crippen molar-refractivity contribution in [3.8, 4) is 0 Å². The summed E-state index contributed by atoms with van der Waals surface area (Å²) in [5, 5.41) is 13.9.